The number of carbonyl (C=O) groups excluding carboxylic acids is 1. The van der Waals surface area contributed by atoms with Gasteiger partial charge in [-0.2, -0.15) is 0 Å². The molecule has 1 amide bonds. The number of amides is 1. The van der Waals surface area contributed by atoms with Crippen molar-refractivity contribution in [3.8, 4) is 0 Å². The van der Waals surface area contributed by atoms with Crippen LogP contribution in [-0.4, -0.2) is 53.3 Å². The van der Waals surface area contributed by atoms with Crippen molar-refractivity contribution in [1.82, 2.24) is 10.3 Å². The fourth-order valence-corrected chi connectivity index (χ4v) is 3.03. The molecule has 1 saturated heterocycles. The van der Waals surface area contributed by atoms with Crippen LogP contribution in [0.25, 0.3) is 0 Å². The molecule has 0 saturated carbocycles. The van der Waals surface area contributed by atoms with E-state index < -0.39 is 17.9 Å². The summed E-state index contributed by atoms with van der Waals surface area (Å²) in [4.78, 5) is 30.0. The second kappa shape index (κ2) is 8.80. The summed E-state index contributed by atoms with van der Waals surface area (Å²) in [7, 11) is 0. The van der Waals surface area contributed by atoms with Gasteiger partial charge in [0, 0.05) is 25.0 Å². The highest BCUT2D eigenvalue weighted by Gasteiger charge is 2.24. The van der Waals surface area contributed by atoms with Gasteiger partial charge in [-0.05, 0) is 32.4 Å². The second-order valence-electron chi connectivity index (χ2n) is 6.57. The fourth-order valence-electron chi connectivity index (χ4n) is 3.03. The van der Waals surface area contributed by atoms with Crippen LogP contribution in [0.5, 0.6) is 0 Å². The predicted octanol–water partition coefficient (Wildman–Crippen LogP) is 2.07. The summed E-state index contributed by atoms with van der Waals surface area (Å²) in [5.74, 6) is -1.48. The number of carbonyl (C=O) groups is 2. The van der Waals surface area contributed by atoms with Gasteiger partial charge in [-0.15, -0.1) is 0 Å². The van der Waals surface area contributed by atoms with Crippen LogP contribution in [-0.2, 0) is 9.53 Å². The molecular weight excluding hydrogens is 322 g/mol. The van der Waals surface area contributed by atoms with Crippen molar-refractivity contribution in [2.75, 3.05) is 18.0 Å². The summed E-state index contributed by atoms with van der Waals surface area (Å²) in [6.45, 7) is 7.49. The first-order chi connectivity index (χ1) is 11.9. The fraction of sp³-hybridized carbons (Fsp3) is 0.611. The molecule has 7 heteroatoms. The molecule has 2 rings (SSSR count). The minimum Gasteiger partial charge on any atom is -0.480 e. The molecule has 3 atom stereocenters. The normalized spacial score (nSPS) is 21.6. The highest BCUT2D eigenvalue weighted by molar-refractivity contribution is 5.95. The summed E-state index contributed by atoms with van der Waals surface area (Å²) < 4.78 is 5.73. The van der Waals surface area contributed by atoms with Gasteiger partial charge in [0.15, 0.2) is 0 Å². The Labute approximate surface area is 148 Å². The number of morpholine rings is 1. The molecule has 0 aromatic carbocycles. The predicted molar refractivity (Wildman–Crippen MR) is 94.9 cm³/mol. The Morgan fingerprint density at radius 2 is 2.08 bits per heavy atom. The molecule has 2 N–H and O–H groups in total. The van der Waals surface area contributed by atoms with Crippen LogP contribution in [0.2, 0.25) is 0 Å². The highest BCUT2D eigenvalue weighted by Crippen LogP contribution is 2.20. The van der Waals surface area contributed by atoms with Crippen molar-refractivity contribution in [3.63, 3.8) is 0 Å². The molecule has 1 aliphatic heterocycles. The van der Waals surface area contributed by atoms with E-state index in [2.05, 4.69) is 15.2 Å². The smallest absolute Gasteiger partial charge is 0.326 e. The van der Waals surface area contributed by atoms with Crippen molar-refractivity contribution < 1.29 is 19.4 Å². The van der Waals surface area contributed by atoms with Crippen LogP contribution in [0.15, 0.2) is 18.3 Å². The number of hydrogen-bond acceptors (Lipinski definition) is 5. The summed E-state index contributed by atoms with van der Waals surface area (Å²) >= 11 is 0. The number of ether oxygens (including phenoxy) is 1. The quantitative estimate of drug-likeness (QED) is 0.783. The SMILES string of the molecule is CCCC[C@H](NC(=O)c1cc(N2CC(C)OC(C)C2)ccn1)C(=O)O. The third-order valence-corrected chi connectivity index (χ3v) is 4.21. The minimum atomic E-state index is -1.02. The second-order valence-corrected chi connectivity index (χ2v) is 6.57. The van der Waals surface area contributed by atoms with E-state index in [4.69, 9.17) is 4.74 Å². The lowest BCUT2D eigenvalue weighted by molar-refractivity contribution is -0.139. The zero-order valence-electron chi connectivity index (χ0n) is 15.1. The zero-order valence-corrected chi connectivity index (χ0v) is 15.1. The lowest BCUT2D eigenvalue weighted by atomic mass is 10.1. The van der Waals surface area contributed by atoms with E-state index in [0.717, 1.165) is 31.6 Å². The molecule has 0 radical (unpaired) electrons. The van der Waals surface area contributed by atoms with Crippen molar-refractivity contribution in [2.24, 2.45) is 0 Å². The Bertz CT molecular complexity index is 598. The number of hydrogen-bond donors (Lipinski definition) is 2. The molecule has 25 heavy (non-hydrogen) atoms. The van der Waals surface area contributed by atoms with Crippen molar-refractivity contribution in [3.05, 3.63) is 24.0 Å². The molecule has 7 nitrogen and oxygen atoms in total. The van der Waals surface area contributed by atoms with Crippen LogP contribution in [0, 0.1) is 0 Å². The number of carboxylic acids is 1. The number of anilines is 1. The summed E-state index contributed by atoms with van der Waals surface area (Å²) in [6, 6.07) is 2.67. The average Bonchev–Trinajstić information content (AvgIpc) is 2.57. The topological polar surface area (TPSA) is 91.8 Å². The van der Waals surface area contributed by atoms with Gasteiger partial charge < -0.3 is 20.1 Å². The van der Waals surface area contributed by atoms with Gasteiger partial charge in [0.25, 0.3) is 5.91 Å². The summed E-state index contributed by atoms with van der Waals surface area (Å²) in [6.07, 6.45) is 3.83. The number of aliphatic carboxylic acids is 1. The first-order valence-electron chi connectivity index (χ1n) is 8.80. The molecule has 0 bridgehead atoms. The van der Waals surface area contributed by atoms with E-state index in [9.17, 15) is 14.7 Å². The van der Waals surface area contributed by atoms with Gasteiger partial charge in [0.1, 0.15) is 11.7 Å². The Balaban J connectivity index is 2.09. The number of rotatable bonds is 7. The molecule has 2 heterocycles. The van der Waals surface area contributed by atoms with E-state index >= 15 is 0 Å². The Morgan fingerprint density at radius 3 is 2.68 bits per heavy atom. The van der Waals surface area contributed by atoms with Gasteiger partial charge in [0.2, 0.25) is 0 Å². The highest BCUT2D eigenvalue weighted by atomic mass is 16.5. The van der Waals surface area contributed by atoms with Gasteiger partial charge in [0.05, 0.1) is 12.2 Å². The molecule has 2 unspecified atom stereocenters. The summed E-state index contributed by atoms with van der Waals surface area (Å²) in [5.41, 5.74) is 1.12. The lowest BCUT2D eigenvalue weighted by Gasteiger charge is -2.36. The third kappa shape index (κ3) is 5.42. The third-order valence-electron chi connectivity index (χ3n) is 4.21. The first-order valence-corrected chi connectivity index (χ1v) is 8.80. The molecule has 1 aromatic heterocycles. The largest absolute Gasteiger partial charge is 0.480 e. The van der Waals surface area contributed by atoms with E-state index in [-0.39, 0.29) is 17.9 Å². The van der Waals surface area contributed by atoms with Crippen LogP contribution < -0.4 is 10.2 Å². The number of pyridine rings is 1. The van der Waals surface area contributed by atoms with E-state index in [1.54, 1.807) is 12.3 Å². The van der Waals surface area contributed by atoms with Gasteiger partial charge in [-0.25, -0.2) is 4.79 Å². The monoisotopic (exact) mass is 349 g/mol. The minimum absolute atomic E-state index is 0.111. The number of nitrogens with zero attached hydrogens (tertiary/aromatic N) is 2. The number of unbranched alkanes of at least 4 members (excludes halogenated alkanes) is 1. The molecule has 138 valence electrons. The number of carboxylic acid groups (broad SMARTS) is 1. The number of nitrogens with one attached hydrogen (secondary N) is 1. The average molecular weight is 349 g/mol. The molecular formula is C18H27N3O4. The van der Waals surface area contributed by atoms with Gasteiger partial charge in [-0.1, -0.05) is 19.8 Å². The van der Waals surface area contributed by atoms with Crippen molar-refractivity contribution >= 4 is 17.6 Å². The maximum absolute atomic E-state index is 12.4. The van der Waals surface area contributed by atoms with Crippen LogP contribution in [0.1, 0.15) is 50.5 Å². The molecule has 0 aliphatic carbocycles. The van der Waals surface area contributed by atoms with Gasteiger partial charge >= 0.3 is 5.97 Å². The van der Waals surface area contributed by atoms with E-state index in [0.29, 0.717) is 6.42 Å². The van der Waals surface area contributed by atoms with Crippen LogP contribution in [0.4, 0.5) is 5.69 Å². The van der Waals surface area contributed by atoms with Crippen LogP contribution in [0.3, 0.4) is 0 Å². The Hall–Kier alpha value is -2.15. The van der Waals surface area contributed by atoms with Crippen LogP contribution >= 0.6 is 0 Å². The first kappa shape index (κ1) is 19.2. The Kier molecular flexibility index (Phi) is 6.75. The Morgan fingerprint density at radius 1 is 1.40 bits per heavy atom. The van der Waals surface area contributed by atoms with E-state index in [1.165, 1.54) is 0 Å². The van der Waals surface area contributed by atoms with E-state index in [1.807, 2.05) is 26.8 Å². The molecule has 0 spiro atoms. The molecule has 1 aliphatic rings. The standard InChI is InChI=1S/C18H27N3O4/c1-4-5-6-15(18(23)24)20-17(22)16-9-14(7-8-19-16)21-10-12(2)25-13(3)11-21/h7-9,12-13,15H,4-6,10-11H2,1-3H3,(H,20,22)(H,23,24)/t12?,13?,15-/m0/s1. The number of aromatic nitrogens is 1. The van der Waals surface area contributed by atoms with Crippen molar-refractivity contribution in [2.45, 2.75) is 58.3 Å². The lowest BCUT2D eigenvalue weighted by Crippen LogP contribution is -2.45. The van der Waals surface area contributed by atoms with Gasteiger partial charge in [-0.3, -0.25) is 9.78 Å². The summed E-state index contributed by atoms with van der Waals surface area (Å²) in [5, 5.41) is 11.8. The maximum Gasteiger partial charge on any atom is 0.326 e. The van der Waals surface area contributed by atoms with Crippen molar-refractivity contribution in [1.29, 1.82) is 0 Å². The molecule has 1 fully saturated rings. The maximum atomic E-state index is 12.4. The zero-order chi connectivity index (χ0) is 18.4. The molecule has 1 aromatic rings.